The predicted octanol–water partition coefficient (Wildman–Crippen LogP) is 3.17. The van der Waals surface area contributed by atoms with Gasteiger partial charge in [-0.25, -0.2) is 9.37 Å². The molecule has 0 saturated carbocycles. The number of halogens is 1. The molecule has 1 unspecified atom stereocenters. The minimum absolute atomic E-state index is 0.151. The van der Waals surface area contributed by atoms with Crippen LogP contribution < -0.4 is 22.1 Å². The first-order valence-electron chi connectivity index (χ1n) is 9.06. The van der Waals surface area contributed by atoms with E-state index in [-0.39, 0.29) is 17.8 Å². The Kier molecular flexibility index (Phi) is 5.86. The normalized spacial score (nSPS) is 12.8. The number of nitrogen functional groups attached to an aromatic ring is 1. The first-order valence-corrected chi connectivity index (χ1v) is 9.06. The van der Waals surface area contributed by atoms with Crippen LogP contribution in [-0.2, 0) is 0 Å². The highest BCUT2D eigenvalue weighted by atomic mass is 19.1. The van der Waals surface area contributed by atoms with Crippen LogP contribution >= 0.6 is 0 Å². The maximum absolute atomic E-state index is 14.7. The summed E-state index contributed by atoms with van der Waals surface area (Å²) >= 11 is 0. The summed E-state index contributed by atoms with van der Waals surface area (Å²) in [7, 11) is 1.75. The molecule has 0 aliphatic heterocycles. The van der Waals surface area contributed by atoms with E-state index in [0.717, 1.165) is 16.5 Å². The van der Waals surface area contributed by atoms with Crippen LogP contribution in [0.4, 0.5) is 15.9 Å². The van der Waals surface area contributed by atoms with Gasteiger partial charge in [-0.3, -0.25) is 10.4 Å². The largest absolute Gasteiger partial charge is 0.397 e. The molecular weight excluding hydrogens is 369 g/mol. The summed E-state index contributed by atoms with van der Waals surface area (Å²) in [6.45, 7) is 3.67. The minimum atomic E-state index is -0.372. The van der Waals surface area contributed by atoms with E-state index in [1.54, 1.807) is 43.8 Å². The second-order valence-electron chi connectivity index (χ2n) is 6.84. The minimum Gasteiger partial charge on any atom is -0.397 e. The average Bonchev–Trinajstić information content (AvgIpc) is 2.69. The van der Waals surface area contributed by atoms with Gasteiger partial charge in [0.1, 0.15) is 17.5 Å². The Hall–Kier alpha value is -3.36. The molecule has 150 valence electrons. The maximum Gasteiger partial charge on any atom is 0.132 e. The predicted molar refractivity (Wildman–Crippen MR) is 116 cm³/mol. The van der Waals surface area contributed by atoms with Crippen molar-refractivity contribution in [1.29, 1.82) is 5.41 Å². The number of hydrogen-bond donors (Lipinski definition) is 5. The van der Waals surface area contributed by atoms with Gasteiger partial charge in [-0.1, -0.05) is 0 Å². The number of pyridine rings is 2. The van der Waals surface area contributed by atoms with Crippen LogP contribution in [0.25, 0.3) is 21.9 Å². The van der Waals surface area contributed by atoms with Crippen molar-refractivity contribution in [3.05, 3.63) is 59.8 Å². The Morgan fingerprint density at radius 2 is 1.93 bits per heavy atom. The van der Waals surface area contributed by atoms with Gasteiger partial charge in [-0.2, -0.15) is 0 Å². The van der Waals surface area contributed by atoms with Gasteiger partial charge in [0.15, 0.2) is 0 Å². The Bertz CT molecular complexity index is 1110. The van der Waals surface area contributed by atoms with Crippen LogP contribution in [0.5, 0.6) is 0 Å². The number of likely N-dealkylation sites (N-methyl/N-ethyl adjacent to an activating group) is 1. The number of hydrogen-bond acceptors (Lipinski definition) is 6. The van der Waals surface area contributed by atoms with Gasteiger partial charge in [0.25, 0.3) is 0 Å². The summed E-state index contributed by atoms with van der Waals surface area (Å²) in [5.74, 6) is 0.255. The molecule has 1 atom stereocenters. The van der Waals surface area contributed by atoms with Gasteiger partial charge < -0.3 is 22.1 Å². The molecular formula is C21H24FN7. The molecule has 7 nitrogen and oxygen atoms in total. The van der Waals surface area contributed by atoms with Crippen LogP contribution in [0.15, 0.2) is 48.4 Å². The number of nitrogens with two attached hydrogens (primary N) is 2. The fraction of sp³-hybridized carbons (Fsp3) is 0.190. The third kappa shape index (κ3) is 4.39. The summed E-state index contributed by atoms with van der Waals surface area (Å²) < 4.78 is 14.7. The lowest BCUT2D eigenvalue weighted by atomic mass is 9.99. The molecule has 1 aromatic carbocycles. The van der Waals surface area contributed by atoms with Gasteiger partial charge in [0.2, 0.25) is 0 Å². The molecule has 0 spiro atoms. The van der Waals surface area contributed by atoms with Crippen LogP contribution in [0, 0.1) is 18.2 Å². The Morgan fingerprint density at radius 3 is 2.66 bits per heavy atom. The highest BCUT2D eigenvalue weighted by molar-refractivity contribution is 6.02. The zero-order valence-electron chi connectivity index (χ0n) is 16.5. The van der Waals surface area contributed by atoms with Crippen molar-refractivity contribution in [3.8, 4) is 11.1 Å². The first kappa shape index (κ1) is 20.4. The highest BCUT2D eigenvalue weighted by Gasteiger charge is 2.12. The maximum atomic E-state index is 14.7. The van der Waals surface area contributed by atoms with Crippen molar-refractivity contribution in [2.75, 3.05) is 18.1 Å². The van der Waals surface area contributed by atoms with Crippen LogP contribution in [0.3, 0.4) is 0 Å². The number of nitrogens with one attached hydrogen (secondary N) is 3. The van der Waals surface area contributed by atoms with Gasteiger partial charge in [0, 0.05) is 28.9 Å². The fourth-order valence-corrected chi connectivity index (χ4v) is 2.97. The van der Waals surface area contributed by atoms with Crippen molar-refractivity contribution in [2.45, 2.75) is 20.0 Å². The molecule has 0 bridgehead atoms. The van der Waals surface area contributed by atoms with E-state index in [1.165, 1.54) is 6.07 Å². The molecule has 8 heteroatoms. The van der Waals surface area contributed by atoms with E-state index in [2.05, 4.69) is 20.6 Å². The molecule has 7 N–H and O–H groups in total. The number of nitrogens with zero attached hydrogens (tertiary/aromatic N) is 2. The smallest absolute Gasteiger partial charge is 0.132 e. The molecule has 3 aromatic rings. The summed E-state index contributed by atoms with van der Waals surface area (Å²) in [6, 6.07) is 4.94. The monoisotopic (exact) mass is 393 g/mol. The Labute approximate surface area is 168 Å². The summed E-state index contributed by atoms with van der Waals surface area (Å²) in [5.41, 5.74) is 14.9. The van der Waals surface area contributed by atoms with Gasteiger partial charge in [0.05, 0.1) is 18.1 Å². The van der Waals surface area contributed by atoms with Crippen molar-refractivity contribution >= 4 is 28.1 Å². The zero-order valence-corrected chi connectivity index (χ0v) is 16.5. The van der Waals surface area contributed by atoms with Gasteiger partial charge in [-0.05, 0) is 61.7 Å². The molecule has 2 aromatic heterocycles. The molecule has 3 rings (SSSR count). The van der Waals surface area contributed by atoms with E-state index < -0.39 is 0 Å². The average molecular weight is 393 g/mol. The lowest BCUT2D eigenvalue weighted by Crippen LogP contribution is -2.35. The first-order chi connectivity index (χ1) is 13.8. The zero-order chi connectivity index (χ0) is 21.1. The fourth-order valence-electron chi connectivity index (χ4n) is 2.97. The van der Waals surface area contributed by atoms with Crippen molar-refractivity contribution in [2.24, 2.45) is 5.73 Å². The molecule has 2 heterocycles. The van der Waals surface area contributed by atoms with E-state index in [4.69, 9.17) is 16.9 Å². The van der Waals surface area contributed by atoms with E-state index in [0.29, 0.717) is 28.0 Å². The molecule has 29 heavy (non-hydrogen) atoms. The number of aromatic nitrogens is 2. The SMILES string of the molecule is CNC(N)/C(C)=C/C(=N)Nc1cc2cc(-c3cncc(N)c3C)c(F)cc2cn1. The number of benzene rings is 1. The quantitative estimate of drug-likeness (QED) is 0.257. The van der Waals surface area contributed by atoms with Crippen molar-refractivity contribution < 1.29 is 4.39 Å². The van der Waals surface area contributed by atoms with Crippen molar-refractivity contribution in [1.82, 2.24) is 15.3 Å². The van der Waals surface area contributed by atoms with E-state index in [9.17, 15) is 4.39 Å². The lowest BCUT2D eigenvalue weighted by molar-refractivity contribution is 0.633. The Balaban J connectivity index is 1.96. The standard InChI is InChI=1S/C21H24FN7/c1-11(21(25)26-3)4-19(24)29-20-7-13-5-15(17(22)6-14(13)8-28-20)16-9-27-10-18(23)12(16)2/h4-10,21,26H,23,25H2,1-3H3,(H2,24,28,29)/b11-4+. The van der Waals surface area contributed by atoms with Crippen LogP contribution in [0.1, 0.15) is 12.5 Å². The topological polar surface area (TPSA) is 126 Å². The van der Waals surface area contributed by atoms with Gasteiger partial charge >= 0.3 is 0 Å². The molecule has 0 fully saturated rings. The third-order valence-electron chi connectivity index (χ3n) is 4.79. The number of amidine groups is 1. The lowest BCUT2D eigenvalue weighted by Gasteiger charge is -2.12. The number of anilines is 2. The highest BCUT2D eigenvalue weighted by Crippen LogP contribution is 2.31. The molecule has 0 aliphatic rings. The third-order valence-corrected chi connectivity index (χ3v) is 4.79. The number of rotatable bonds is 5. The van der Waals surface area contributed by atoms with E-state index in [1.807, 2.05) is 13.8 Å². The number of fused-ring (bicyclic) bond motifs is 1. The Morgan fingerprint density at radius 1 is 1.17 bits per heavy atom. The van der Waals surface area contributed by atoms with Gasteiger partial charge in [-0.15, -0.1) is 0 Å². The summed E-state index contributed by atoms with van der Waals surface area (Å²) in [6.07, 6.45) is 6.01. The molecule has 0 aliphatic carbocycles. The summed E-state index contributed by atoms with van der Waals surface area (Å²) in [4.78, 5) is 8.35. The van der Waals surface area contributed by atoms with E-state index >= 15 is 0 Å². The molecule has 0 radical (unpaired) electrons. The molecule has 0 saturated heterocycles. The van der Waals surface area contributed by atoms with Crippen molar-refractivity contribution in [3.63, 3.8) is 0 Å². The van der Waals surface area contributed by atoms with Crippen LogP contribution in [0.2, 0.25) is 0 Å². The summed E-state index contributed by atoms with van der Waals surface area (Å²) in [5, 5.41) is 15.4. The second kappa shape index (κ2) is 8.34. The van der Waals surface area contributed by atoms with Crippen LogP contribution in [-0.4, -0.2) is 29.0 Å². The molecule has 0 amide bonds. The second-order valence-corrected chi connectivity index (χ2v) is 6.84.